The predicted octanol–water partition coefficient (Wildman–Crippen LogP) is 7.43. The van der Waals surface area contributed by atoms with E-state index in [1.807, 2.05) is 41.3 Å². The van der Waals surface area contributed by atoms with Crippen molar-refractivity contribution in [1.29, 1.82) is 0 Å². The molecule has 3 aliphatic heterocycles. The Labute approximate surface area is 286 Å². The van der Waals surface area contributed by atoms with Crippen molar-refractivity contribution in [3.63, 3.8) is 0 Å². The molecule has 0 aliphatic carbocycles. The number of anilines is 2. The Morgan fingerprint density at radius 2 is 1.35 bits per heavy atom. The highest BCUT2D eigenvalue weighted by Gasteiger charge is 2.33. The zero-order valence-electron chi connectivity index (χ0n) is 27.4. The fourth-order valence-corrected chi connectivity index (χ4v) is 7.71. The topological polar surface area (TPSA) is 48.5 Å². The summed E-state index contributed by atoms with van der Waals surface area (Å²) in [6, 6.07) is 19.1. The van der Waals surface area contributed by atoms with Gasteiger partial charge in [-0.1, -0.05) is 30.3 Å². The van der Waals surface area contributed by atoms with Crippen LogP contribution in [-0.2, 0) is 10.9 Å². The number of piperazine rings is 1. The summed E-state index contributed by atoms with van der Waals surface area (Å²) in [7, 11) is 0. The zero-order chi connectivity index (χ0) is 33.3. The smallest absolute Gasteiger partial charge is 0.416 e. The minimum absolute atomic E-state index is 0.327. The van der Waals surface area contributed by atoms with Crippen LogP contribution in [0.4, 0.5) is 24.5 Å². The molecular formula is C37H45F3N4O3S. The molecule has 0 saturated carbocycles. The number of piperidine rings is 1. The normalized spacial score (nSPS) is 17.5. The lowest BCUT2D eigenvalue weighted by Gasteiger charge is -2.36. The lowest BCUT2D eigenvalue weighted by Crippen LogP contribution is -2.47. The maximum atomic E-state index is 13.5. The molecule has 0 radical (unpaired) electrons. The zero-order valence-corrected chi connectivity index (χ0v) is 28.2. The van der Waals surface area contributed by atoms with E-state index < -0.39 is 11.7 Å². The highest BCUT2D eigenvalue weighted by Crippen LogP contribution is 2.49. The van der Waals surface area contributed by atoms with Gasteiger partial charge in [-0.3, -0.25) is 4.90 Å². The van der Waals surface area contributed by atoms with Crippen molar-refractivity contribution in [3.05, 3.63) is 77.9 Å². The second-order valence-electron chi connectivity index (χ2n) is 12.7. The number of rotatable bonds is 13. The molecule has 48 heavy (non-hydrogen) atoms. The van der Waals surface area contributed by atoms with Crippen LogP contribution in [0, 0.1) is 0 Å². The lowest BCUT2D eigenvalue weighted by molar-refractivity contribution is -0.137. The van der Waals surface area contributed by atoms with E-state index in [0.717, 1.165) is 73.3 Å². The molecule has 0 N–H and O–H groups in total. The van der Waals surface area contributed by atoms with E-state index in [9.17, 15) is 18.0 Å². The molecule has 3 aliphatic rings. The fraction of sp³-hybridized carbons (Fsp3) is 0.486. The number of benzene rings is 3. The van der Waals surface area contributed by atoms with Gasteiger partial charge < -0.3 is 24.2 Å². The van der Waals surface area contributed by atoms with E-state index in [1.165, 1.54) is 56.2 Å². The third kappa shape index (κ3) is 9.25. The summed E-state index contributed by atoms with van der Waals surface area (Å²) in [5.41, 5.74) is 1.48. The van der Waals surface area contributed by atoms with Crippen LogP contribution in [-0.4, -0.2) is 99.3 Å². The van der Waals surface area contributed by atoms with Crippen molar-refractivity contribution in [2.24, 2.45) is 0 Å². The standard InChI is InChI=1S/C37H45F3N4O3S/c38-37(39,40)30-12-15-35-33(28-30)44(32-8-2-3-9-34(32)48-35)20-6-18-42-21-23-43(24-22-42)25-27-47-36(45)29-10-13-31(14-11-29)46-26-7-19-41-16-4-1-5-17-41/h2-3,8-15,28H,1,4-7,16-27H2. The summed E-state index contributed by atoms with van der Waals surface area (Å²) < 4.78 is 52.0. The number of halogens is 3. The summed E-state index contributed by atoms with van der Waals surface area (Å²) in [4.78, 5) is 23.7. The Bertz CT molecular complexity index is 1490. The van der Waals surface area contributed by atoms with E-state index in [-0.39, 0.29) is 5.97 Å². The third-order valence-electron chi connectivity index (χ3n) is 9.34. The number of hydrogen-bond acceptors (Lipinski definition) is 8. The molecule has 0 amide bonds. The largest absolute Gasteiger partial charge is 0.494 e. The Balaban J connectivity index is 0.888. The van der Waals surface area contributed by atoms with E-state index in [4.69, 9.17) is 9.47 Å². The van der Waals surface area contributed by atoms with Crippen molar-refractivity contribution < 1.29 is 27.4 Å². The van der Waals surface area contributed by atoms with Crippen LogP contribution in [0.15, 0.2) is 76.5 Å². The van der Waals surface area contributed by atoms with Crippen LogP contribution in [0.5, 0.6) is 5.75 Å². The van der Waals surface area contributed by atoms with Crippen LogP contribution < -0.4 is 9.64 Å². The van der Waals surface area contributed by atoms with Crippen molar-refractivity contribution in [2.45, 2.75) is 48.1 Å². The van der Waals surface area contributed by atoms with E-state index in [0.29, 0.717) is 37.6 Å². The first kappa shape index (κ1) is 34.6. The Morgan fingerprint density at radius 1 is 0.688 bits per heavy atom. The number of fused-ring (bicyclic) bond motifs is 2. The lowest BCUT2D eigenvalue weighted by atomic mass is 10.1. The minimum Gasteiger partial charge on any atom is -0.494 e. The number of esters is 1. The average Bonchev–Trinajstić information content (AvgIpc) is 3.10. The molecule has 0 spiro atoms. The number of hydrogen-bond donors (Lipinski definition) is 0. The Hall–Kier alpha value is -3.25. The van der Waals surface area contributed by atoms with Gasteiger partial charge in [-0.25, -0.2) is 4.79 Å². The van der Waals surface area contributed by atoms with Crippen molar-refractivity contribution in [1.82, 2.24) is 14.7 Å². The van der Waals surface area contributed by atoms with E-state index in [2.05, 4.69) is 14.7 Å². The molecule has 3 heterocycles. The third-order valence-corrected chi connectivity index (χ3v) is 10.5. The van der Waals surface area contributed by atoms with Gasteiger partial charge in [0, 0.05) is 55.6 Å². The average molecular weight is 683 g/mol. The van der Waals surface area contributed by atoms with Gasteiger partial charge in [0.2, 0.25) is 0 Å². The number of carbonyl (C=O) groups excluding carboxylic acids is 1. The van der Waals surface area contributed by atoms with Crippen LogP contribution >= 0.6 is 11.8 Å². The number of carbonyl (C=O) groups is 1. The van der Waals surface area contributed by atoms with Gasteiger partial charge in [0.1, 0.15) is 12.4 Å². The SMILES string of the molecule is O=C(OCCN1CCN(CCCN2c3ccccc3Sc3ccc(C(F)(F)F)cc32)CC1)c1ccc(OCCCN2CCCCC2)cc1. The van der Waals surface area contributed by atoms with E-state index in [1.54, 1.807) is 18.2 Å². The molecule has 0 unspecified atom stereocenters. The Kier molecular flexibility index (Phi) is 11.8. The molecule has 258 valence electrons. The summed E-state index contributed by atoms with van der Waals surface area (Å²) in [6.07, 6.45) is 1.38. The van der Waals surface area contributed by atoms with Gasteiger partial charge >= 0.3 is 12.1 Å². The van der Waals surface area contributed by atoms with Crippen LogP contribution in [0.2, 0.25) is 0 Å². The first-order chi connectivity index (χ1) is 23.3. The van der Waals surface area contributed by atoms with Crippen LogP contribution in [0.1, 0.15) is 48.0 Å². The number of alkyl halides is 3. The van der Waals surface area contributed by atoms with Gasteiger partial charge in [0.25, 0.3) is 0 Å². The summed E-state index contributed by atoms with van der Waals surface area (Å²) in [5, 5.41) is 0. The molecule has 6 rings (SSSR count). The van der Waals surface area contributed by atoms with Crippen molar-refractivity contribution in [3.8, 4) is 5.75 Å². The van der Waals surface area contributed by atoms with Crippen molar-refractivity contribution in [2.75, 3.05) is 83.6 Å². The van der Waals surface area contributed by atoms with Crippen LogP contribution in [0.25, 0.3) is 0 Å². The van der Waals surface area contributed by atoms with Gasteiger partial charge in [0.15, 0.2) is 0 Å². The first-order valence-corrected chi connectivity index (χ1v) is 18.0. The molecule has 2 saturated heterocycles. The number of ether oxygens (including phenoxy) is 2. The van der Waals surface area contributed by atoms with Gasteiger partial charge in [-0.15, -0.1) is 0 Å². The molecule has 2 fully saturated rings. The molecule has 11 heteroatoms. The molecule has 7 nitrogen and oxygen atoms in total. The highest BCUT2D eigenvalue weighted by molar-refractivity contribution is 7.99. The maximum absolute atomic E-state index is 13.5. The quantitative estimate of drug-likeness (QED) is 0.136. The minimum atomic E-state index is -4.38. The predicted molar refractivity (Wildman–Crippen MR) is 184 cm³/mol. The maximum Gasteiger partial charge on any atom is 0.416 e. The van der Waals surface area contributed by atoms with Crippen LogP contribution in [0.3, 0.4) is 0 Å². The molecule has 0 aromatic heterocycles. The molecule has 0 atom stereocenters. The molecule has 3 aromatic rings. The monoisotopic (exact) mass is 682 g/mol. The molecule has 0 bridgehead atoms. The summed E-state index contributed by atoms with van der Waals surface area (Å²) >= 11 is 1.52. The number of likely N-dealkylation sites (tertiary alicyclic amines) is 1. The summed E-state index contributed by atoms with van der Waals surface area (Å²) in [6.45, 7) is 10.2. The first-order valence-electron chi connectivity index (χ1n) is 17.2. The molecular weight excluding hydrogens is 637 g/mol. The van der Waals surface area contributed by atoms with Gasteiger partial charge in [-0.05, 0) is 99.9 Å². The number of para-hydroxylation sites is 1. The fourth-order valence-electron chi connectivity index (χ4n) is 6.63. The second kappa shape index (κ2) is 16.4. The van der Waals surface area contributed by atoms with Crippen molar-refractivity contribution >= 4 is 29.1 Å². The van der Waals surface area contributed by atoms with E-state index >= 15 is 0 Å². The molecule has 3 aromatic carbocycles. The Morgan fingerprint density at radius 3 is 2.10 bits per heavy atom. The highest BCUT2D eigenvalue weighted by atomic mass is 32.2. The van der Waals surface area contributed by atoms with Gasteiger partial charge in [-0.2, -0.15) is 13.2 Å². The summed E-state index contributed by atoms with van der Waals surface area (Å²) in [5.74, 6) is 0.440. The number of nitrogens with zero attached hydrogens (tertiary/aromatic N) is 4. The van der Waals surface area contributed by atoms with Gasteiger partial charge in [0.05, 0.1) is 29.1 Å². The second-order valence-corrected chi connectivity index (χ2v) is 13.8.